The van der Waals surface area contributed by atoms with E-state index in [2.05, 4.69) is 181 Å². The summed E-state index contributed by atoms with van der Waals surface area (Å²) in [5.74, 6) is 0.935. The summed E-state index contributed by atoms with van der Waals surface area (Å²) in [6.45, 7) is 7.52. The van der Waals surface area contributed by atoms with Crippen LogP contribution in [0.4, 0.5) is 0 Å². The average Bonchev–Trinajstić information content (AvgIpc) is 3.49. The van der Waals surface area contributed by atoms with Gasteiger partial charge in [-0.05, 0) is 46.8 Å². The maximum Gasteiger partial charge on any atom is 0.142 e. The second-order valence-corrected chi connectivity index (χ2v) is 13.4. The molecule has 0 amide bonds. The number of hydrogen-bond donors (Lipinski definition) is 0. The van der Waals surface area contributed by atoms with Crippen LogP contribution >= 0.6 is 7.92 Å². The van der Waals surface area contributed by atoms with E-state index in [1.54, 1.807) is 0 Å². The molecule has 0 radical (unpaired) electrons. The van der Waals surface area contributed by atoms with Gasteiger partial charge < -0.3 is 4.57 Å². The fourth-order valence-electron chi connectivity index (χ4n) is 6.19. The highest BCUT2D eigenvalue weighted by Crippen LogP contribution is 2.39. The van der Waals surface area contributed by atoms with Crippen molar-refractivity contribution in [3.8, 4) is 33.9 Å². The van der Waals surface area contributed by atoms with Gasteiger partial charge in [-0.3, -0.25) is 0 Å². The SMILES string of the molecule is C=c1c(-c2nc(-c3ccccc3)c(-c3ccccc3)n2Cc2ccccc2)c(P(c2ccccc2)c2ccccc2)cc/c1=C/C. The molecule has 7 rings (SSSR count). The molecular formula is C43H35N2P. The van der Waals surface area contributed by atoms with Gasteiger partial charge >= 0.3 is 0 Å². The van der Waals surface area contributed by atoms with Gasteiger partial charge in [-0.15, -0.1) is 0 Å². The van der Waals surface area contributed by atoms with Crippen LogP contribution in [0.1, 0.15) is 12.5 Å². The van der Waals surface area contributed by atoms with Crippen molar-refractivity contribution in [2.45, 2.75) is 13.5 Å². The molecule has 6 aromatic carbocycles. The molecule has 0 unspecified atom stereocenters. The molecule has 0 N–H and O–H groups in total. The largest absolute Gasteiger partial charge is 0.319 e. The lowest BCUT2D eigenvalue weighted by Crippen LogP contribution is -2.34. The smallest absolute Gasteiger partial charge is 0.142 e. The van der Waals surface area contributed by atoms with Crippen molar-refractivity contribution in [1.29, 1.82) is 0 Å². The monoisotopic (exact) mass is 610 g/mol. The first-order valence-corrected chi connectivity index (χ1v) is 17.0. The molecule has 0 fully saturated rings. The maximum absolute atomic E-state index is 5.61. The summed E-state index contributed by atoms with van der Waals surface area (Å²) < 4.78 is 2.42. The van der Waals surface area contributed by atoms with Gasteiger partial charge in [-0.2, -0.15) is 0 Å². The summed E-state index contributed by atoms with van der Waals surface area (Å²) in [7, 11) is -0.912. The Morgan fingerprint density at radius 2 is 1.11 bits per heavy atom. The predicted octanol–water partition coefficient (Wildman–Crippen LogP) is 7.90. The van der Waals surface area contributed by atoms with Crippen molar-refractivity contribution in [3.63, 3.8) is 0 Å². The Morgan fingerprint density at radius 1 is 0.609 bits per heavy atom. The van der Waals surface area contributed by atoms with Crippen LogP contribution < -0.4 is 26.4 Å². The normalized spacial score (nSPS) is 11.7. The van der Waals surface area contributed by atoms with E-state index in [-0.39, 0.29) is 0 Å². The van der Waals surface area contributed by atoms with Crippen molar-refractivity contribution in [2.24, 2.45) is 0 Å². The number of benzene rings is 6. The summed E-state index contributed by atoms with van der Waals surface area (Å²) in [5.41, 5.74) is 6.62. The van der Waals surface area contributed by atoms with Gasteiger partial charge in [0.2, 0.25) is 0 Å². The van der Waals surface area contributed by atoms with E-state index >= 15 is 0 Å². The zero-order chi connectivity index (χ0) is 31.3. The third kappa shape index (κ3) is 5.76. The predicted molar refractivity (Wildman–Crippen MR) is 198 cm³/mol. The van der Waals surface area contributed by atoms with E-state index < -0.39 is 7.92 Å². The highest BCUT2D eigenvalue weighted by molar-refractivity contribution is 7.80. The summed E-state index contributed by atoms with van der Waals surface area (Å²) >= 11 is 0. The topological polar surface area (TPSA) is 17.8 Å². The zero-order valence-corrected chi connectivity index (χ0v) is 26.8. The van der Waals surface area contributed by atoms with Crippen molar-refractivity contribution < 1.29 is 0 Å². The van der Waals surface area contributed by atoms with Gasteiger partial charge in [-0.25, -0.2) is 4.98 Å². The molecule has 1 aromatic heterocycles. The first-order chi connectivity index (χ1) is 22.7. The maximum atomic E-state index is 5.61. The Balaban J connectivity index is 1.60. The van der Waals surface area contributed by atoms with Gasteiger partial charge in [-0.1, -0.05) is 176 Å². The third-order valence-electron chi connectivity index (χ3n) is 8.38. The number of aromatic nitrogens is 2. The molecule has 0 saturated heterocycles. The lowest BCUT2D eigenvalue weighted by molar-refractivity contribution is 0.814. The number of nitrogens with zero attached hydrogens (tertiary/aromatic N) is 2. The fourth-order valence-corrected chi connectivity index (χ4v) is 8.67. The average molecular weight is 611 g/mol. The Bertz CT molecular complexity index is 2140. The van der Waals surface area contributed by atoms with Crippen molar-refractivity contribution >= 4 is 36.5 Å². The Morgan fingerprint density at radius 3 is 1.65 bits per heavy atom. The second-order valence-electron chi connectivity index (χ2n) is 11.3. The van der Waals surface area contributed by atoms with Crippen LogP contribution in [0.3, 0.4) is 0 Å². The Hall–Kier alpha value is -5.30. The van der Waals surface area contributed by atoms with Crippen LogP contribution in [-0.4, -0.2) is 9.55 Å². The molecule has 222 valence electrons. The number of imidazole rings is 1. The lowest BCUT2D eigenvalue weighted by atomic mass is 10.0. The molecule has 0 aliphatic rings. The third-order valence-corrected chi connectivity index (χ3v) is 10.9. The van der Waals surface area contributed by atoms with Crippen LogP contribution in [0.5, 0.6) is 0 Å². The van der Waals surface area contributed by atoms with Crippen LogP contribution in [-0.2, 0) is 6.54 Å². The van der Waals surface area contributed by atoms with E-state index in [0.29, 0.717) is 6.54 Å². The summed E-state index contributed by atoms with van der Waals surface area (Å²) in [4.78, 5) is 5.61. The molecule has 3 heteroatoms. The van der Waals surface area contributed by atoms with Gasteiger partial charge in [0.1, 0.15) is 5.82 Å². The van der Waals surface area contributed by atoms with Crippen LogP contribution in [0, 0.1) is 0 Å². The van der Waals surface area contributed by atoms with Crippen LogP contribution in [0.15, 0.2) is 164 Å². The van der Waals surface area contributed by atoms with Gasteiger partial charge in [0.05, 0.1) is 11.4 Å². The van der Waals surface area contributed by atoms with Crippen molar-refractivity contribution in [2.75, 3.05) is 0 Å². The van der Waals surface area contributed by atoms with Crippen LogP contribution in [0.2, 0.25) is 0 Å². The first kappa shape index (κ1) is 29.4. The molecule has 0 saturated carbocycles. The summed E-state index contributed by atoms with van der Waals surface area (Å²) in [6, 6.07) is 58.3. The molecule has 0 aliphatic heterocycles. The number of hydrogen-bond acceptors (Lipinski definition) is 1. The molecule has 0 spiro atoms. The van der Waals surface area contributed by atoms with Gasteiger partial charge in [0, 0.05) is 23.2 Å². The molecular weight excluding hydrogens is 575 g/mol. The molecule has 0 aliphatic carbocycles. The highest BCUT2D eigenvalue weighted by atomic mass is 31.1. The van der Waals surface area contributed by atoms with E-state index in [9.17, 15) is 0 Å². The Kier molecular flexibility index (Phi) is 8.55. The quantitative estimate of drug-likeness (QED) is 0.160. The van der Waals surface area contributed by atoms with E-state index in [0.717, 1.165) is 44.3 Å². The van der Waals surface area contributed by atoms with E-state index in [1.807, 2.05) is 0 Å². The molecule has 2 nitrogen and oxygen atoms in total. The van der Waals surface area contributed by atoms with Crippen molar-refractivity contribution in [1.82, 2.24) is 9.55 Å². The molecule has 7 aromatic rings. The molecule has 0 bridgehead atoms. The molecule has 46 heavy (non-hydrogen) atoms. The molecule has 0 atom stereocenters. The fraction of sp³-hybridized carbons (Fsp3) is 0.0465. The first-order valence-electron chi connectivity index (χ1n) is 15.7. The minimum atomic E-state index is -0.912. The van der Waals surface area contributed by atoms with E-state index in [1.165, 1.54) is 21.5 Å². The highest BCUT2D eigenvalue weighted by Gasteiger charge is 2.27. The Labute approximate surface area is 272 Å². The zero-order valence-electron chi connectivity index (χ0n) is 25.9. The minimum absolute atomic E-state index is 0.674. The van der Waals surface area contributed by atoms with Gasteiger partial charge in [0.25, 0.3) is 0 Å². The van der Waals surface area contributed by atoms with E-state index in [4.69, 9.17) is 11.6 Å². The minimum Gasteiger partial charge on any atom is -0.319 e. The lowest BCUT2D eigenvalue weighted by Gasteiger charge is -2.23. The molecule has 1 heterocycles. The standard InChI is InChI=1S/C43H35N2P/c1-3-34-29-30-39(46(37-25-15-7-16-26-37)38-27-17-8-18-28-38)40(32(34)2)43-44-41(35-21-11-5-12-22-35)42(36-23-13-6-14-24-36)45(43)31-33-19-9-4-10-20-33/h3-30H,2,31H2,1H3/b34-3-. The number of rotatable bonds is 8. The summed E-state index contributed by atoms with van der Waals surface area (Å²) in [6.07, 6.45) is 2.16. The van der Waals surface area contributed by atoms with Crippen molar-refractivity contribution in [3.05, 3.63) is 180 Å². The summed E-state index contributed by atoms with van der Waals surface area (Å²) in [5, 5.41) is 5.96. The van der Waals surface area contributed by atoms with Gasteiger partial charge in [0.15, 0.2) is 0 Å². The second kappa shape index (κ2) is 13.4. The van der Waals surface area contributed by atoms with Crippen LogP contribution in [0.25, 0.3) is 46.6 Å².